The van der Waals surface area contributed by atoms with Gasteiger partial charge in [0.2, 0.25) is 21.8 Å². The minimum Gasteiger partial charge on any atom is -0.497 e. The first-order valence-electron chi connectivity index (χ1n) is 18.4. The highest BCUT2D eigenvalue weighted by atomic mass is 32.2. The van der Waals surface area contributed by atoms with Crippen LogP contribution in [-0.4, -0.2) is 84.2 Å². The summed E-state index contributed by atoms with van der Waals surface area (Å²) in [5.41, 5.74) is -2.49. The molecule has 3 N–H and O–H groups in total. The first kappa shape index (κ1) is 41.0. The quantitative estimate of drug-likeness (QED) is 0.263. The fraction of sp³-hybridized carbons (Fsp3) is 0.579. The fourth-order valence-corrected chi connectivity index (χ4v) is 8.74. The van der Waals surface area contributed by atoms with Gasteiger partial charge in [0.05, 0.1) is 24.0 Å². The summed E-state index contributed by atoms with van der Waals surface area (Å²) in [6.45, 7) is 8.35. The number of fused-ring (bicyclic) bond motifs is 1. The molecule has 4 amide bonds. The van der Waals surface area contributed by atoms with Crippen LogP contribution in [0.4, 0.5) is 28.0 Å². The van der Waals surface area contributed by atoms with Crippen molar-refractivity contribution in [2.75, 3.05) is 19.0 Å². The van der Waals surface area contributed by atoms with Crippen LogP contribution in [-0.2, 0) is 48.4 Å². The lowest BCUT2D eigenvalue weighted by Crippen LogP contribution is -2.59. The molecule has 2 aliphatic carbocycles. The van der Waals surface area contributed by atoms with Gasteiger partial charge in [-0.05, 0) is 79.0 Å². The van der Waals surface area contributed by atoms with Crippen molar-refractivity contribution in [3.05, 3.63) is 58.9 Å². The number of alkyl halides is 3. The first-order valence-corrected chi connectivity index (χ1v) is 19.9. The van der Waals surface area contributed by atoms with E-state index in [9.17, 15) is 45.2 Å². The summed E-state index contributed by atoms with van der Waals surface area (Å²) >= 11 is 0. The Bertz CT molecular complexity index is 2040. The highest BCUT2D eigenvalue weighted by molar-refractivity contribution is 7.91. The first-order chi connectivity index (χ1) is 26.0. The van der Waals surface area contributed by atoms with E-state index in [0.717, 1.165) is 22.1 Å². The third kappa shape index (κ3) is 8.11. The largest absolute Gasteiger partial charge is 0.497 e. The normalized spacial score (nSPS) is 24.5. The minimum atomic E-state index is -4.88. The molecule has 2 saturated carbocycles. The SMILES string of the molecule is CCC1CC1(NC(=O)C1CC(OC(=O)N2Cc3ccc(OC)cc3C2)CN1C(=O)C(Nc1cc(F)cc(C(F)(F)F)c1)C(C)(C)C)C(=O)NS(=O)(=O)C1(C)CC1. The topological polar surface area (TPSA) is 163 Å². The van der Waals surface area contributed by atoms with Crippen LogP contribution in [0.3, 0.4) is 0 Å². The zero-order valence-electron chi connectivity index (χ0n) is 32.0. The second-order valence-electron chi connectivity index (χ2n) is 16.6. The van der Waals surface area contributed by atoms with Crippen LogP contribution in [0.1, 0.15) is 83.4 Å². The highest BCUT2D eigenvalue weighted by Crippen LogP contribution is 2.48. The second kappa shape index (κ2) is 14.4. The van der Waals surface area contributed by atoms with Gasteiger partial charge in [-0.15, -0.1) is 0 Å². The van der Waals surface area contributed by atoms with E-state index in [4.69, 9.17) is 9.47 Å². The summed E-state index contributed by atoms with van der Waals surface area (Å²) in [4.78, 5) is 58.6. The number of sulfonamides is 1. The maximum Gasteiger partial charge on any atom is 0.416 e. The Morgan fingerprint density at radius 3 is 2.29 bits per heavy atom. The zero-order valence-corrected chi connectivity index (χ0v) is 32.8. The number of anilines is 1. The van der Waals surface area contributed by atoms with E-state index in [1.54, 1.807) is 39.8 Å². The number of likely N-dealkylation sites (tertiary alicyclic amines) is 1. The van der Waals surface area contributed by atoms with E-state index in [-0.39, 0.29) is 38.2 Å². The van der Waals surface area contributed by atoms with Crippen LogP contribution in [0.15, 0.2) is 36.4 Å². The molecule has 0 bridgehead atoms. The summed E-state index contributed by atoms with van der Waals surface area (Å²) in [7, 11) is -2.53. The van der Waals surface area contributed by atoms with Gasteiger partial charge >= 0.3 is 12.3 Å². The van der Waals surface area contributed by atoms with E-state index < -0.39 is 91.2 Å². The van der Waals surface area contributed by atoms with E-state index in [1.165, 1.54) is 18.9 Å². The molecule has 56 heavy (non-hydrogen) atoms. The van der Waals surface area contributed by atoms with Crippen molar-refractivity contribution >= 4 is 39.5 Å². The lowest BCUT2D eigenvalue weighted by atomic mass is 9.85. The Balaban J connectivity index is 1.27. The fourth-order valence-electron chi connectivity index (χ4n) is 7.43. The Kier molecular flexibility index (Phi) is 10.6. The third-order valence-corrected chi connectivity index (χ3v) is 13.5. The molecule has 3 fully saturated rings. The van der Waals surface area contributed by atoms with Crippen molar-refractivity contribution < 1.29 is 54.6 Å². The van der Waals surface area contributed by atoms with Gasteiger partial charge in [0.15, 0.2) is 0 Å². The molecule has 2 heterocycles. The van der Waals surface area contributed by atoms with Crippen LogP contribution in [0.2, 0.25) is 0 Å². The predicted molar refractivity (Wildman–Crippen MR) is 195 cm³/mol. The average molecular weight is 810 g/mol. The molecule has 1 saturated heterocycles. The molecule has 0 aromatic heterocycles. The van der Waals surface area contributed by atoms with Gasteiger partial charge < -0.3 is 25.0 Å². The van der Waals surface area contributed by atoms with Gasteiger partial charge in [0.1, 0.15) is 35.3 Å². The Morgan fingerprint density at radius 2 is 1.70 bits per heavy atom. The van der Waals surface area contributed by atoms with Gasteiger partial charge in [-0.25, -0.2) is 17.6 Å². The van der Waals surface area contributed by atoms with Crippen molar-refractivity contribution in [1.29, 1.82) is 0 Å². The van der Waals surface area contributed by atoms with Crippen LogP contribution >= 0.6 is 0 Å². The standard InChI is InChI=1S/C38H47F4N5O8S/c1-7-23-17-37(23,33(50)45-56(52,53)36(5)10-11-36)44-31(48)29-16-28(55-34(51)46-18-21-8-9-27(54-6)12-22(21)19-46)20-47(29)32(49)30(35(2,3)4)43-26-14-24(38(40,41)42)13-25(39)15-26/h8-9,12-15,23,28-30,43H,7,10-11,16-20H2,1-6H3,(H,44,48)(H,45,50). The molecule has 0 spiro atoms. The number of carbonyl (C=O) groups is 4. The second-order valence-corrected chi connectivity index (χ2v) is 18.8. The van der Waals surface area contributed by atoms with E-state index in [0.29, 0.717) is 37.1 Å². The number of carbonyl (C=O) groups excluding carboxylic acids is 4. The van der Waals surface area contributed by atoms with Crippen molar-refractivity contribution in [3.63, 3.8) is 0 Å². The van der Waals surface area contributed by atoms with E-state index >= 15 is 0 Å². The number of benzene rings is 2. The molecule has 5 unspecified atom stereocenters. The number of amides is 4. The molecule has 2 aromatic carbocycles. The maximum atomic E-state index is 14.6. The van der Waals surface area contributed by atoms with Gasteiger partial charge in [0, 0.05) is 25.2 Å². The third-order valence-electron chi connectivity index (χ3n) is 11.3. The summed E-state index contributed by atoms with van der Waals surface area (Å²) in [5, 5.41) is 5.48. The van der Waals surface area contributed by atoms with Gasteiger partial charge in [-0.3, -0.25) is 24.0 Å². The Hall–Kier alpha value is -4.61. The van der Waals surface area contributed by atoms with Crippen LogP contribution in [0, 0.1) is 17.2 Å². The number of hydrogen-bond acceptors (Lipinski definition) is 9. The lowest BCUT2D eigenvalue weighted by Gasteiger charge is -2.36. The number of rotatable bonds is 11. The van der Waals surface area contributed by atoms with Crippen molar-refractivity contribution in [2.45, 2.75) is 114 Å². The average Bonchev–Trinajstić information content (AvgIpc) is 3.92. The Morgan fingerprint density at radius 1 is 1.02 bits per heavy atom. The van der Waals surface area contributed by atoms with Crippen LogP contribution in [0.25, 0.3) is 0 Å². The van der Waals surface area contributed by atoms with E-state index in [1.807, 2.05) is 6.07 Å². The smallest absolute Gasteiger partial charge is 0.416 e. The zero-order chi connectivity index (χ0) is 41.2. The molecule has 2 aromatic rings. The van der Waals surface area contributed by atoms with Gasteiger partial charge in [-0.1, -0.05) is 40.2 Å². The molecule has 306 valence electrons. The van der Waals surface area contributed by atoms with Crippen molar-refractivity contribution in [3.8, 4) is 5.75 Å². The summed E-state index contributed by atoms with van der Waals surface area (Å²) in [6.07, 6.45) is -5.53. The van der Waals surface area contributed by atoms with Gasteiger partial charge in [-0.2, -0.15) is 13.2 Å². The van der Waals surface area contributed by atoms with E-state index in [2.05, 4.69) is 15.4 Å². The predicted octanol–water partition coefficient (Wildman–Crippen LogP) is 5.09. The molecule has 5 atom stereocenters. The van der Waals surface area contributed by atoms with Crippen molar-refractivity contribution in [2.24, 2.45) is 11.3 Å². The number of nitrogens with one attached hydrogen (secondary N) is 3. The lowest BCUT2D eigenvalue weighted by molar-refractivity contribution is -0.141. The van der Waals surface area contributed by atoms with Gasteiger partial charge in [0.25, 0.3) is 5.91 Å². The maximum absolute atomic E-state index is 14.6. The summed E-state index contributed by atoms with van der Waals surface area (Å²) in [6, 6.07) is 4.54. The minimum absolute atomic E-state index is 0.139. The molecule has 13 nitrogen and oxygen atoms in total. The van der Waals surface area contributed by atoms with Crippen molar-refractivity contribution in [1.82, 2.24) is 19.8 Å². The number of ether oxygens (including phenoxy) is 2. The monoisotopic (exact) mass is 809 g/mol. The molecule has 4 aliphatic rings. The molecule has 0 radical (unpaired) electrons. The number of methoxy groups -OCH3 is 1. The Labute approximate surface area is 322 Å². The molecule has 6 rings (SSSR count). The van der Waals surface area contributed by atoms with Crippen LogP contribution < -0.4 is 20.1 Å². The number of hydrogen-bond donors (Lipinski definition) is 3. The molecule has 18 heteroatoms. The summed E-state index contributed by atoms with van der Waals surface area (Å²) in [5.74, 6) is -3.46. The molecular formula is C38H47F4N5O8S. The molecule has 2 aliphatic heterocycles. The summed E-state index contributed by atoms with van der Waals surface area (Å²) < 4.78 is 93.5. The number of nitrogens with zero attached hydrogens (tertiary/aromatic N) is 2. The highest BCUT2D eigenvalue weighted by Gasteiger charge is 2.63. The van der Waals surface area contributed by atoms with Crippen LogP contribution in [0.5, 0.6) is 5.75 Å². The number of halogens is 4. The molecular weight excluding hydrogens is 763 g/mol.